The minimum absolute atomic E-state index is 0. The number of halogens is 1. The Morgan fingerprint density at radius 2 is 2.00 bits per heavy atom. The van der Waals surface area contributed by atoms with Gasteiger partial charge in [0.15, 0.2) is 0 Å². The third-order valence-corrected chi connectivity index (χ3v) is 5.55. The Morgan fingerprint density at radius 1 is 1.23 bits per heavy atom. The molecule has 160 valence electrons. The van der Waals surface area contributed by atoms with Gasteiger partial charge in [0.2, 0.25) is 5.91 Å². The van der Waals surface area contributed by atoms with E-state index in [4.69, 9.17) is 5.11 Å². The van der Waals surface area contributed by atoms with Crippen LogP contribution in [0.3, 0.4) is 0 Å². The predicted octanol–water partition coefficient (Wildman–Crippen LogP) is 3.91. The van der Waals surface area contributed by atoms with Crippen molar-refractivity contribution in [3.8, 4) is 11.1 Å². The molecular formula is C22H27FN4O3. The Hall–Kier alpha value is -3.16. The van der Waals surface area contributed by atoms with Crippen LogP contribution in [0.15, 0.2) is 36.8 Å². The van der Waals surface area contributed by atoms with Crippen LogP contribution in [-0.4, -0.2) is 49.7 Å². The highest BCUT2D eigenvalue weighted by molar-refractivity contribution is 5.95. The molecule has 0 bridgehead atoms. The van der Waals surface area contributed by atoms with Gasteiger partial charge < -0.3 is 15.0 Å². The van der Waals surface area contributed by atoms with E-state index in [2.05, 4.69) is 10.1 Å². The predicted molar refractivity (Wildman–Crippen MR) is 112 cm³/mol. The number of carboxylic acids is 1. The molecule has 1 aliphatic heterocycles. The Kier molecular flexibility index (Phi) is 6.54. The van der Waals surface area contributed by atoms with E-state index in [9.17, 15) is 14.0 Å². The number of fused-ring (bicyclic) bond motifs is 1. The number of nitrogens with zero attached hydrogens (tertiary/aromatic N) is 3. The zero-order valence-electron chi connectivity index (χ0n) is 16.0. The molecule has 1 aromatic carbocycles. The number of carbonyl (C=O) groups excluding carboxylic acids is 1. The number of nitrogens with one attached hydrogen (secondary N) is 1. The van der Waals surface area contributed by atoms with E-state index >= 15 is 0 Å². The van der Waals surface area contributed by atoms with Crippen LogP contribution in [-0.2, 0) is 16.1 Å². The molecule has 0 spiro atoms. The molecule has 0 unspecified atom stereocenters. The summed E-state index contributed by atoms with van der Waals surface area (Å²) in [6, 6.07) is 4.70. The molecule has 1 fully saturated rings. The van der Waals surface area contributed by atoms with Gasteiger partial charge in [0.05, 0.1) is 12.6 Å². The van der Waals surface area contributed by atoms with E-state index in [1.807, 2.05) is 23.3 Å². The van der Waals surface area contributed by atoms with Crippen molar-refractivity contribution in [2.24, 2.45) is 5.92 Å². The van der Waals surface area contributed by atoms with Crippen LogP contribution >= 0.6 is 0 Å². The molecule has 1 aliphatic rings. The third kappa shape index (κ3) is 4.69. The summed E-state index contributed by atoms with van der Waals surface area (Å²) in [6.07, 6.45) is 7.38. The first-order chi connectivity index (χ1) is 14.0. The highest BCUT2D eigenvalue weighted by atomic mass is 19.1. The summed E-state index contributed by atoms with van der Waals surface area (Å²) in [4.78, 5) is 27.5. The highest BCUT2D eigenvalue weighted by Gasteiger charge is 2.23. The number of carboxylic acid groups (broad SMARTS) is 1. The van der Waals surface area contributed by atoms with Crippen molar-refractivity contribution in [3.05, 3.63) is 42.6 Å². The van der Waals surface area contributed by atoms with Gasteiger partial charge in [-0.2, -0.15) is 5.10 Å². The van der Waals surface area contributed by atoms with Gasteiger partial charge in [-0.05, 0) is 37.0 Å². The van der Waals surface area contributed by atoms with Crippen molar-refractivity contribution in [2.75, 3.05) is 13.1 Å². The van der Waals surface area contributed by atoms with Crippen LogP contribution in [0.4, 0.5) is 4.39 Å². The average Bonchev–Trinajstić information content (AvgIpc) is 3.33. The monoisotopic (exact) mass is 414 g/mol. The summed E-state index contributed by atoms with van der Waals surface area (Å²) in [5.74, 6) is -0.872. The maximum absolute atomic E-state index is 13.4. The molecule has 0 aliphatic carbocycles. The van der Waals surface area contributed by atoms with E-state index in [-0.39, 0.29) is 32.0 Å². The molecule has 0 radical (unpaired) electrons. The lowest BCUT2D eigenvalue weighted by molar-refractivity contribution is -0.141. The van der Waals surface area contributed by atoms with E-state index in [0.29, 0.717) is 19.0 Å². The molecule has 1 saturated heterocycles. The average molecular weight is 414 g/mol. The lowest BCUT2D eigenvalue weighted by Crippen LogP contribution is -2.39. The minimum Gasteiger partial charge on any atom is -0.481 e. The van der Waals surface area contributed by atoms with Crippen molar-refractivity contribution < 1.29 is 19.1 Å². The van der Waals surface area contributed by atoms with Gasteiger partial charge in [0.25, 0.3) is 0 Å². The van der Waals surface area contributed by atoms with Crippen LogP contribution in [0.1, 0.15) is 33.1 Å². The van der Waals surface area contributed by atoms with Gasteiger partial charge in [-0.1, -0.05) is 7.43 Å². The number of benzene rings is 1. The third-order valence-electron chi connectivity index (χ3n) is 5.55. The van der Waals surface area contributed by atoms with Gasteiger partial charge in [0.1, 0.15) is 5.82 Å². The van der Waals surface area contributed by atoms with Gasteiger partial charge in [-0.25, -0.2) is 4.39 Å². The molecule has 0 saturated carbocycles. The number of amides is 1. The topological polar surface area (TPSA) is 91.2 Å². The molecular weight excluding hydrogens is 387 g/mol. The summed E-state index contributed by atoms with van der Waals surface area (Å²) in [5.41, 5.74) is 2.72. The van der Waals surface area contributed by atoms with E-state index < -0.39 is 5.97 Å². The molecule has 8 heteroatoms. The van der Waals surface area contributed by atoms with Gasteiger partial charge in [0, 0.05) is 60.5 Å². The maximum Gasteiger partial charge on any atom is 0.303 e. The van der Waals surface area contributed by atoms with Crippen molar-refractivity contribution in [1.29, 1.82) is 0 Å². The second-order valence-electron chi connectivity index (χ2n) is 7.56. The molecule has 30 heavy (non-hydrogen) atoms. The van der Waals surface area contributed by atoms with Gasteiger partial charge >= 0.3 is 5.97 Å². The van der Waals surface area contributed by atoms with Crippen molar-refractivity contribution >= 4 is 22.8 Å². The molecule has 0 atom stereocenters. The Labute approximate surface area is 174 Å². The summed E-state index contributed by atoms with van der Waals surface area (Å²) < 4.78 is 15.3. The van der Waals surface area contributed by atoms with Crippen LogP contribution in [0, 0.1) is 11.7 Å². The Morgan fingerprint density at radius 3 is 2.73 bits per heavy atom. The summed E-state index contributed by atoms with van der Waals surface area (Å²) in [6.45, 7) is 2.09. The van der Waals surface area contributed by atoms with E-state index in [1.165, 1.54) is 12.1 Å². The Bertz CT molecular complexity index is 1030. The number of hydrogen-bond donors (Lipinski definition) is 2. The minimum atomic E-state index is -0.942. The summed E-state index contributed by atoms with van der Waals surface area (Å²) >= 11 is 0. The number of carbonyl (C=O) groups is 2. The lowest BCUT2D eigenvalue weighted by Gasteiger charge is -2.32. The van der Waals surface area contributed by atoms with E-state index in [1.54, 1.807) is 11.0 Å². The number of aromatic amines is 1. The van der Waals surface area contributed by atoms with E-state index in [0.717, 1.165) is 41.4 Å². The maximum atomic E-state index is 13.4. The number of hydrogen-bond acceptors (Lipinski definition) is 3. The van der Waals surface area contributed by atoms with Crippen molar-refractivity contribution in [1.82, 2.24) is 19.7 Å². The number of aromatic nitrogens is 3. The second kappa shape index (κ2) is 9.11. The summed E-state index contributed by atoms with van der Waals surface area (Å²) in [5, 5.41) is 14.1. The van der Waals surface area contributed by atoms with Crippen LogP contribution < -0.4 is 0 Å². The number of rotatable bonds is 6. The fourth-order valence-electron chi connectivity index (χ4n) is 3.94. The van der Waals surface area contributed by atoms with Crippen LogP contribution in [0.25, 0.3) is 22.0 Å². The SMILES string of the molecule is C.O=C(O)CCC(=O)N1CCC(Cn2cc(-c3c[nH]c4cc(F)ccc34)cn2)CC1. The first kappa shape index (κ1) is 21.5. The normalized spacial score (nSPS) is 14.6. The van der Waals surface area contributed by atoms with Crippen LogP contribution in [0.5, 0.6) is 0 Å². The van der Waals surface area contributed by atoms with Gasteiger partial charge in [-0.15, -0.1) is 0 Å². The molecule has 2 N–H and O–H groups in total. The van der Waals surface area contributed by atoms with Crippen LogP contribution in [0.2, 0.25) is 0 Å². The van der Waals surface area contributed by atoms with Gasteiger partial charge in [-0.3, -0.25) is 14.3 Å². The zero-order valence-corrected chi connectivity index (χ0v) is 16.0. The number of piperidine rings is 1. The highest BCUT2D eigenvalue weighted by Crippen LogP contribution is 2.29. The molecule has 3 heterocycles. The number of H-pyrrole nitrogens is 1. The number of likely N-dealkylation sites (tertiary alicyclic amines) is 1. The quantitative estimate of drug-likeness (QED) is 0.640. The standard InChI is InChI=1S/C21H23FN4O3.CH4/c22-16-1-2-17-18(11-23-19(17)9-16)15-10-24-26(13-15)12-14-5-7-25(8-6-14)20(27)3-4-21(28)29;/h1-2,9-11,13-14,23H,3-8,12H2,(H,28,29);1H4. The van der Waals surface area contributed by atoms with Crippen molar-refractivity contribution in [3.63, 3.8) is 0 Å². The first-order valence-electron chi connectivity index (χ1n) is 9.78. The zero-order chi connectivity index (χ0) is 20.4. The molecule has 1 amide bonds. The first-order valence-corrected chi connectivity index (χ1v) is 9.78. The molecule has 7 nitrogen and oxygen atoms in total. The second-order valence-corrected chi connectivity index (χ2v) is 7.56. The number of aliphatic carboxylic acids is 1. The Balaban J connectivity index is 0.00000256. The molecule has 2 aromatic heterocycles. The van der Waals surface area contributed by atoms with Crippen molar-refractivity contribution in [2.45, 2.75) is 39.7 Å². The largest absolute Gasteiger partial charge is 0.481 e. The summed E-state index contributed by atoms with van der Waals surface area (Å²) in [7, 11) is 0. The fraction of sp³-hybridized carbons (Fsp3) is 0.409. The molecule has 4 rings (SSSR count). The fourth-order valence-corrected chi connectivity index (χ4v) is 3.94. The smallest absolute Gasteiger partial charge is 0.303 e. The lowest BCUT2D eigenvalue weighted by atomic mass is 9.96. The molecule has 3 aromatic rings.